The van der Waals surface area contributed by atoms with Crippen LogP contribution in [0.2, 0.25) is 0 Å². The maximum Gasteiger partial charge on any atom is 0.322 e. The summed E-state index contributed by atoms with van der Waals surface area (Å²) in [4.78, 5) is 59.0. The maximum absolute atomic E-state index is 12.8. The predicted octanol–water partition coefficient (Wildman–Crippen LogP) is -1.44. The van der Waals surface area contributed by atoms with Crippen molar-refractivity contribution in [1.82, 2.24) is 16.0 Å². The van der Waals surface area contributed by atoms with Crippen LogP contribution in [0.3, 0.4) is 0 Å². The zero-order chi connectivity index (χ0) is 24.4. The molecule has 0 fully saturated rings. The van der Waals surface area contributed by atoms with Gasteiger partial charge in [-0.05, 0) is 23.6 Å². The van der Waals surface area contributed by atoms with Crippen molar-refractivity contribution in [2.45, 2.75) is 44.8 Å². The molecule has 1 rings (SSSR count). The molecule has 0 saturated heterocycles. The SMILES string of the molecule is CC(C)C(NC(=O)C(N)CC(=O)O)C(=O)NC(Cc1ccc(O)cc1)C(=O)NCC(=O)O. The molecule has 8 N–H and O–H groups in total. The van der Waals surface area contributed by atoms with Crippen molar-refractivity contribution in [3.8, 4) is 5.75 Å². The van der Waals surface area contributed by atoms with E-state index in [0.717, 1.165) is 0 Å². The molecule has 3 amide bonds. The van der Waals surface area contributed by atoms with Gasteiger partial charge >= 0.3 is 11.9 Å². The number of rotatable bonds is 12. The molecule has 1 aromatic rings. The topological polar surface area (TPSA) is 208 Å². The van der Waals surface area contributed by atoms with Gasteiger partial charge in [0.25, 0.3) is 0 Å². The fourth-order valence-electron chi connectivity index (χ4n) is 2.70. The van der Waals surface area contributed by atoms with Gasteiger partial charge in [0.2, 0.25) is 17.7 Å². The summed E-state index contributed by atoms with van der Waals surface area (Å²) in [6, 6.07) is 2.17. The molecular weight excluding hydrogens is 424 g/mol. The molecule has 0 aliphatic carbocycles. The lowest BCUT2D eigenvalue weighted by Crippen LogP contribution is -2.58. The third-order valence-corrected chi connectivity index (χ3v) is 4.40. The molecule has 0 spiro atoms. The third-order valence-electron chi connectivity index (χ3n) is 4.40. The highest BCUT2D eigenvalue weighted by Gasteiger charge is 2.30. The number of hydrogen-bond donors (Lipinski definition) is 7. The van der Waals surface area contributed by atoms with Crippen molar-refractivity contribution < 1.29 is 39.3 Å². The number of nitrogens with one attached hydrogen (secondary N) is 3. The number of amides is 3. The Bertz CT molecular complexity index is 841. The summed E-state index contributed by atoms with van der Waals surface area (Å²) in [5.41, 5.74) is 6.11. The minimum absolute atomic E-state index is 0.00458. The van der Waals surface area contributed by atoms with Crippen molar-refractivity contribution in [3.05, 3.63) is 29.8 Å². The van der Waals surface area contributed by atoms with Gasteiger partial charge in [-0.15, -0.1) is 0 Å². The normalized spacial score (nSPS) is 13.5. The number of phenolic OH excluding ortho intramolecular Hbond substituents is 1. The second-order valence-corrected chi connectivity index (χ2v) is 7.48. The number of phenols is 1. The van der Waals surface area contributed by atoms with Crippen molar-refractivity contribution in [1.29, 1.82) is 0 Å². The zero-order valence-electron chi connectivity index (χ0n) is 17.7. The average Bonchev–Trinajstić information content (AvgIpc) is 2.70. The van der Waals surface area contributed by atoms with Crippen molar-refractivity contribution in [3.63, 3.8) is 0 Å². The van der Waals surface area contributed by atoms with E-state index in [1.165, 1.54) is 24.3 Å². The van der Waals surface area contributed by atoms with Gasteiger partial charge in [-0.25, -0.2) is 0 Å². The Morgan fingerprint density at radius 2 is 1.50 bits per heavy atom. The summed E-state index contributed by atoms with van der Waals surface area (Å²) in [7, 11) is 0. The molecule has 0 radical (unpaired) electrons. The Balaban J connectivity index is 2.99. The van der Waals surface area contributed by atoms with Gasteiger partial charge in [-0.2, -0.15) is 0 Å². The number of aliphatic carboxylic acids is 2. The molecule has 176 valence electrons. The number of aromatic hydroxyl groups is 1. The molecular formula is C20H28N4O8. The largest absolute Gasteiger partial charge is 0.508 e. The minimum atomic E-state index is -1.37. The monoisotopic (exact) mass is 452 g/mol. The van der Waals surface area contributed by atoms with Crippen LogP contribution < -0.4 is 21.7 Å². The first-order valence-electron chi connectivity index (χ1n) is 9.76. The Morgan fingerprint density at radius 3 is 2.00 bits per heavy atom. The summed E-state index contributed by atoms with van der Waals surface area (Å²) in [6.45, 7) is 2.61. The van der Waals surface area contributed by atoms with Crippen molar-refractivity contribution in [2.75, 3.05) is 6.54 Å². The first-order valence-corrected chi connectivity index (χ1v) is 9.76. The summed E-state index contributed by atoms with van der Waals surface area (Å²) in [6.07, 6.45) is -0.645. The highest BCUT2D eigenvalue weighted by atomic mass is 16.4. The number of benzene rings is 1. The predicted molar refractivity (Wildman–Crippen MR) is 111 cm³/mol. The molecule has 0 aliphatic heterocycles. The molecule has 0 aromatic heterocycles. The van der Waals surface area contributed by atoms with E-state index in [1.807, 2.05) is 0 Å². The van der Waals surface area contributed by atoms with Gasteiger partial charge in [0.15, 0.2) is 0 Å². The van der Waals surface area contributed by atoms with Crippen LogP contribution in [0, 0.1) is 5.92 Å². The van der Waals surface area contributed by atoms with E-state index in [2.05, 4.69) is 16.0 Å². The highest BCUT2D eigenvalue weighted by Crippen LogP contribution is 2.12. The summed E-state index contributed by atoms with van der Waals surface area (Å²) >= 11 is 0. The van der Waals surface area contributed by atoms with Gasteiger partial charge in [-0.3, -0.25) is 24.0 Å². The van der Waals surface area contributed by atoms with Gasteiger partial charge in [-0.1, -0.05) is 26.0 Å². The minimum Gasteiger partial charge on any atom is -0.508 e. The number of carbonyl (C=O) groups is 5. The molecule has 0 bridgehead atoms. The molecule has 0 saturated carbocycles. The molecule has 0 aliphatic rings. The lowest BCUT2D eigenvalue weighted by molar-refractivity contribution is -0.140. The van der Waals surface area contributed by atoms with Crippen molar-refractivity contribution in [2.24, 2.45) is 11.7 Å². The molecule has 1 aromatic carbocycles. The molecule has 3 unspecified atom stereocenters. The lowest BCUT2D eigenvalue weighted by atomic mass is 10.0. The fourth-order valence-corrected chi connectivity index (χ4v) is 2.70. The fraction of sp³-hybridized carbons (Fsp3) is 0.450. The van der Waals surface area contributed by atoms with Gasteiger partial charge in [0.05, 0.1) is 12.5 Å². The van der Waals surface area contributed by atoms with Crippen molar-refractivity contribution >= 4 is 29.7 Å². The number of carboxylic acids is 2. The van der Waals surface area contributed by atoms with Crippen LogP contribution in [0.15, 0.2) is 24.3 Å². The first-order chi connectivity index (χ1) is 14.9. The van der Waals surface area contributed by atoms with Crippen LogP contribution in [0.25, 0.3) is 0 Å². The van der Waals surface area contributed by atoms with Crippen LogP contribution >= 0.6 is 0 Å². The Labute approximate surface area is 184 Å². The molecule has 12 nitrogen and oxygen atoms in total. The number of hydrogen-bond acceptors (Lipinski definition) is 7. The molecule has 32 heavy (non-hydrogen) atoms. The van der Waals surface area contributed by atoms with Crippen LogP contribution in [0.4, 0.5) is 0 Å². The Kier molecular flexibility index (Phi) is 10.1. The van der Waals surface area contributed by atoms with Gasteiger partial charge in [0, 0.05) is 6.42 Å². The summed E-state index contributed by atoms with van der Waals surface area (Å²) < 4.78 is 0. The maximum atomic E-state index is 12.8. The van der Waals surface area contributed by atoms with Crippen LogP contribution in [-0.4, -0.2) is 69.7 Å². The molecule has 0 heterocycles. The van der Waals surface area contributed by atoms with E-state index in [1.54, 1.807) is 13.8 Å². The summed E-state index contributed by atoms with van der Waals surface area (Å²) in [5.74, 6) is -5.31. The Morgan fingerprint density at radius 1 is 0.906 bits per heavy atom. The number of carbonyl (C=O) groups excluding carboxylic acids is 3. The van der Waals surface area contributed by atoms with E-state index in [-0.39, 0.29) is 12.2 Å². The number of carboxylic acid groups (broad SMARTS) is 2. The van der Waals surface area contributed by atoms with Crippen LogP contribution in [0.1, 0.15) is 25.8 Å². The van der Waals surface area contributed by atoms with Crippen LogP contribution in [0.5, 0.6) is 5.75 Å². The molecule has 12 heteroatoms. The standard InChI is InChI=1S/C20H28N4O8/c1-10(2)17(24-18(30)13(21)8-15(26)27)20(32)23-14(19(31)22-9-16(28)29)7-11-3-5-12(25)6-4-11/h3-6,10,13-14,17,25H,7-9,21H2,1-2H3,(H,22,31)(H,23,32)(H,24,30)(H,26,27)(H,28,29). The van der Waals surface area contributed by atoms with E-state index < -0.39 is 66.7 Å². The average molecular weight is 452 g/mol. The second kappa shape index (κ2) is 12.2. The summed E-state index contributed by atoms with van der Waals surface area (Å²) in [5, 5.41) is 34.0. The first kappa shape index (κ1) is 26.4. The number of nitrogens with two attached hydrogens (primary N) is 1. The van der Waals surface area contributed by atoms with E-state index >= 15 is 0 Å². The van der Waals surface area contributed by atoms with E-state index in [0.29, 0.717) is 5.56 Å². The Hall–Kier alpha value is -3.67. The smallest absolute Gasteiger partial charge is 0.322 e. The molecule has 3 atom stereocenters. The highest BCUT2D eigenvalue weighted by molar-refractivity contribution is 5.94. The van der Waals surface area contributed by atoms with E-state index in [4.69, 9.17) is 15.9 Å². The van der Waals surface area contributed by atoms with E-state index in [9.17, 15) is 29.1 Å². The van der Waals surface area contributed by atoms with Crippen LogP contribution in [-0.2, 0) is 30.4 Å². The zero-order valence-corrected chi connectivity index (χ0v) is 17.7. The van der Waals surface area contributed by atoms with Gasteiger partial charge in [0.1, 0.15) is 24.4 Å². The third kappa shape index (κ3) is 9.00. The lowest BCUT2D eigenvalue weighted by Gasteiger charge is -2.26. The van der Waals surface area contributed by atoms with Gasteiger partial charge < -0.3 is 37.0 Å². The quantitative estimate of drug-likeness (QED) is 0.198. The second-order valence-electron chi connectivity index (χ2n) is 7.48.